The van der Waals surface area contributed by atoms with Crippen molar-refractivity contribution in [1.82, 2.24) is 0 Å². The summed E-state index contributed by atoms with van der Waals surface area (Å²) in [5, 5.41) is 0. The Kier molecular flexibility index (Phi) is 2.99. The van der Waals surface area contributed by atoms with Crippen LogP contribution in [0.15, 0.2) is 41.0 Å². The van der Waals surface area contributed by atoms with Crippen LogP contribution in [0, 0.1) is 0 Å². The van der Waals surface area contributed by atoms with E-state index in [0.29, 0.717) is 6.54 Å². The second-order valence-electron chi connectivity index (χ2n) is 5.05. The van der Waals surface area contributed by atoms with E-state index in [-0.39, 0.29) is 5.91 Å². The highest BCUT2D eigenvalue weighted by Crippen LogP contribution is 2.36. The summed E-state index contributed by atoms with van der Waals surface area (Å²) < 4.78 is 5.35. The lowest BCUT2D eigenvalue weighted by atomic mass is 10.1. The monoisotopic (exact) mass is 271 g/mol. The molecule has 1 aromatic heterocycles. The second-order valence-corrected chi connectivity index (χ2v) is 5.05. The summed E-state index contributed by atoms with van der Waals surface area (Å²) in [5.41, 5.74) is 8.68. The first-order chi connectivity index (χ1) is 9.58. The molecule has 20 heavy (non-hydrogen) atoms. The van der Waals surface area contributed by atoms with Gasteiger partial charge in [0.05, 0.1) is 18.5 Å². The predicted octanol–water partition coefficient (Wildman–Crippen LogP) is 1.89. The topological polar surface area (TPSA) is 62.7 Å². The molecule has 0 aliphatic carbocycles. The molecule has 1 aromatic carbocycles. The van der Waals surface area contributed by atoms with Crippen LogP contribution in [-0.4, -0.2) is 20.0 Å². The summed E-state index contributed by atoms with van der Waals surface area (Å²) >= 11 is 0. The third-order valence-electron chi connectivity index (χ3n) is 3.72. The maximum atomic E-state index is 11.9. The molecule has 1 unspecified atom stereocenters. The van der Waals surface area contributed by atoms with Crippen molar-refractivity contribution in [2.75, 3.05) is 23.9 Å². The zero-order chi connectivity index (χ0) is 14.3. The number of carbonyl (C=O) groups excluding carboxylic acids is 1. The molecular weight excluding hydrogens is 254 g/mol. The van der Waals surface area contributed by atoms with Gasteiger partial charge in [-0.05, 0) is 24.3 Å². The summed E-state index contributed by atoms with van der Waals surface area (Å²) in [6.45, 7) is 0.676. The molecule has 0 spiro atoms. The smallest absolute Gasteiger partial charge is 0.248 e. The summed E-state index contributed by atoms with van der Waals surface area (Å²) in [6, 6.07) is 9.17. The lowest BCUT2D eigenvalue weighted by molar-refractivity contribution is -0.118. The Morgan fingerprint density at radius 2 is 2.20 bits per heavy atom. The van der Waals surface area contributed by atoms with E-state index in [2.05, 4.69) is 4.90 Å². The van der Waals surface area contributed by atoms with Gasteiger partial charge in [0.1, 0.15) is 11.8 Å². The fraction of sp³-hybridized carbons (Fsp3) is 0.267. The quantitative estimate of drug-likeness (QED) is 0.926. The fourth-order valence-electron chi connectivity index (χ4n) is 2.51. The third-order valence-corrected chi connectivity index (χ3v) is 3.72. The number of anilines is 2. The number of nitrogens with zero attached hydrogens (tertiary/aromatic N) is 2. The Labute approximate surface area is 117 Å². The Bertz CT molecular complexity index is 637. The predicted molar refractivity (Wildman–Crippen MR) is 77.6 cm³/mol. The number of hydrogen-bond donors (Lipinski definition) is 1. The van der Waals surface area contributed by atoms with Crippen LogP contribution in [-0.2, 0) is 11.3 Å². The Morgan fingerprint density at radius 1 is 1.40 bits per heavy atom. The summed E-state index contributed by atoms with van der Waals surface area (Å²) in [6.07, 6.45) is 1.66. The molecule has 0 bridgehead atoms. The van der Waals surface area contributed by atoms with Crippen molar-refractivity contribution in [1.29, 1.82) is 0 Å². The van der Waals surface area contributed by atoms with E-state index in [1.807, 2.05) is 37.4 Å². The van der Waals surface area contributed by atoms with Crippen molar-refractivity contribution < 1.29 is 9.21 Å². The first kappa shape index (κ1) is 12.7. The highest BCUT2D eigenvalue weighted by molar-refractivity contribution is 6.04. The van der Waals surface area contributed by atoms with Crippen LogP contribution in [0.4, 0.5) is 11.4 Å². The Morgan fingerprint density at radius 3 is 2.90 bits per heavy atom. The first-order valence-electron chi connectivity index (χ1n) is 6.48. The molecule has 1 aliphatic rings. The highest BCUT2D eigenvalue weighted by atomic mass is 16.3. The fourth-order valence-corrected chi connectivity index (χ4v) is 2.51. The van der Waals surface area contributed by atoms with E-state index in [0.717, 1.165) is 22.7 Å². The van der Waals surface area contributed by atoms with Gasteiger partial charge in [0.25, 0.3) is 0 Å². The number of amides is 1. The molecule has 5 heteroatoms. The van der Waals surface area contributed by atoms with Crippen molar-refractivity contribution >= 4 is 17.3 Å². The van der Waals surface area contributed by atoms with Gasteiger partial charge < -0.3 is 20.0 Å². The van der Waals surface area contributed by atoms with Crippen LogP contribution < -0.4 is 15.5 Å². The average Bonchev–Trinajstić information content (AvgIpc) is 3.03. The summed E-state index contributed by atoms with van der Waals surface area (Å²) in [5.74, 6) is 0.833. The number of carbonyl (C=O) groups is 1. The van der Waals surface area contributed by atoms with E-state index in [1.54, 1.807) is 18.2 Å². The zero-order valence-electron chi connectivity index (χ0n) is 11.5. The molecule has 2 N–H and O–H groups in total. The van der Waals surface area contributed by atoms with Gasteiger partial charge in [-0.15, -0.1) is 0 Å². The van der Waals surface area contributed by atoms with Gasteiger partial charge in [-0.1, -0.05) is 6.07 Å². The molecule has 0 saturated carbocycles. The van der Waals surface area contributed by atoms with Crippen LogP contribution >= 0.6 is 0 Å². The standard InChI is InChI=1S/C15H17N3O2/c1-17(9-11-4-3-7-20-11)10-5-6-12-13(8-10)18(2)15(19)14(12)16/h3-8,14H,9,16H2,1-2H3. The Hall–Kier alpha value is -2.27. The van der Waals surface area contributed by atoms with E-state index < -0.39 is 6.04 Å². The molecule has 2 aromatic rings. The molecule has 0 radical (unpaired) electrons. The number of rotatable bonds is 3. The van der Waals surface area contributed by atoms with Crippen LogP contribution in [0.1, 0.15) is 17.4 Å². The second kappa shape index (κ2) is 4.68. The molecule has 0 fully saturated rings. The van der Waals surface area contributed by atoms with Crippen LogP contribution in [0.3, 0.4) is 0 Å². The van der Waals surface area contributed by atoms with Gasteiger partial charge in [-0.25, -0.2) is 0 Å². The maximum absolute atomic E-state index is 11.9. The molecule has 1 amide bonds. The van der Waals surface area contributed by atoms with Crippen LogP contribution in [0.2, 0.25) is 0 Å². The van der Waals surface area contributed by atoms with Crippen molar-refractivity contribution in [3.63, 3.8) is 0 Å². The number of nitrogens with two attached hydrogens (primary N) is 1. The van der Waals surface area contributed by atoms with Crippen molar-refractivity contribution in [3.05, 3.63) is 47.9 Å². The van der Waals surface area contributed by atoms with Crippen LogP contribution in [0.5, 0.6) is 0 Å². The maximum Gasteiger partial charge on any atom is 0.248 e. The van der Waals surface area contributed by atoms with Gasteiger partial charge in [0.15, 0.2) is 0 Å². The Balaban J connectivity index is 1.88. The molecule has 0 saturated heterocycles. The molecule has 1 aliphatic heterocycles. The minimum atomic E-state index is -0.542. The lowest BCUT2D eigenvalue weighted by Crippen LogP contribution is -2.27. The van der Waals surface area contributed by atoms with E-state index in [4.69, 9.17) is 10.2 Å². The van der Waals surface area contributed by atoms with E-state index in [1.165, 1.54) is 0 Å². The summed E-state index contributed by atoms with van der Waals surface area (Å²) in [4.78, 5) is 15.6. The molecule has 5 nitrogen and oxygen atoms in total. The molecule has 104 valence electrons. The SMILES string of the molecule is CN(Cc1ccco1)c1ccc2c(c1)N(C)C(=O)C2N. The van der Waals surface area contributed by atoms with Crippen molar-refractivity contribution in [3.8, 4) is 0 Å². The van der Waals surface area contributed by atoms with Gasteiger partial charge in [0, 0.05) is 25.3 Å². The normalized spacial score (nSPS) is 17.4. The minimum absolute atomic E-state index is 0.0640. The number of furan rings is 1. The van der Waals surface area contributed by atoms with Gasteiger partial charge in [-0.3, -0.25) is 4.79 Å². The van der Waals surface area contributed by atoms with Gasteiger partial charge >= 0.3 is 0 Å². The minimum Gasteiger partial charge on any atom is -0.467 e. The van der Waals surface area contributed by atoms with E-state index in [9.17, 15) is 4.79 Å². The van der Waals surface area contributed by atoms with Crippen molar-refractivity contribution in [2.45, 2.75) is 12.6 Å². The number of fused-ring (bicyclic) bond motifs is 1. The molecule has 3 rings (SSSR count). The number of benzene rings is 1. The highest BCUT2D eigenvalue weighted by Gasteiger charge is 2.32. The van der Waals surface area contributed by atoms with Crippen molar-refractivity contribution in [2.24, 2.45) is 5.73 Å². The van der Waals surface area contributed by atoms with Gasteiger partial charge in [0.2, 0.25) is 5.91 Å². The lowest BCUT2D eigenvalue weighted by Gasteiger charge is -2.20. The average molecular weight is 271 g/mol. The molecule has 2 heterocycles. The summed E-state index contributed by atoms with van der Waals surface area (Å²) in [7, 11) is 3.74. The number of likely N-dealkylation sites (N-methyl/N-ethyl adjacent to an activating group) is 1. The molecular formula is C15H17N3O2. The number of hydrogen-bond acceptors (Lipinski definition) is 4. The van der Waals surface area contributed by atoms with E-state index >= 15 is 0 Å². The zero-order valence-corrected chi connectivity index (χ0v) is 11.5. The third kappa shape index (κ3) is 1.96. The largest absolute Gasteiger partial charge is 0.467 e. The van der Waals surface area contributed by atoms with Crippen LogP contribution in [0.25, 0.3) is 0 Å². The van der Waals surface area contributed by atoms with Gasteiger partial charge in [-0.2, -0.15) is 0 Å². The molecule has 1 atom stereocenters. The first-order valence-corrected chi connectivity index (χ1v) is 6.48.